The SMILES string of the molecule is OCC#CCC1CCCCC1. The van der Waals surface area contributed by atoms with E-state index in [1.807, 2.05) is 0 Å². The second kappa shape index (κ2) is 5.21. The van der Waals surface area contributed by atoms with Crippen LogP contribution in [0.3, 0.4) is 0 Å². The Morgan fingerprint density at radius 1 is 1.09 bits per heavy atom. The minimum atomic E-state index is 0.0206. The second-order valence-electron chi connectivity index (χ2n) is 3.22. The van der Waals surface area contributed by atoms with Crippen LogP contribution in [0.1, 0.15) is 38.5 Å². The number of aliphatic hydroxyl groups is 1. The molecule has 0 amide bonds. The molecule has 1 aliphatic rings. The molecule has 1 nitrogen and oxygen atoms in total. The molecule has 0 aromatic heterocycles. The molecule has 0 aliphatic heterocycles. The van der Waals surface area contributed by atoms with Crippen molar-refractivity contribution in [2.24, 2.45) is 5.92 Å². The summed E-state index contributed by atoms with van der Waals surface area (Å²) in [6, 6.07) is 0. The normalized spacial score (nSPS) is 19.0. The van der Waals surface area contributed by atoms with Crippen LogP contribution in [0.25, 0.3) is 0 Å². The molecular weight excluding hydrogens is 136 g/mol. The molecule has 1 N–H and O–H groups in total. The van der Waals surface area contributed by atoms with Crippen molar-refractivity contribution in [1.82, 2.24) is 0 Å². The van der Waals surface area contributed by atoms with E-state index in [-0.39, 0.29) is 6.61 Å². The van der Waals surface area contributed by atoms with Gasteiger partial charge in [0.2, 0.25) is 0 Å². The predicted octanol–water partition coefficient (Wildman–Crippen LogP) is 1.95. The fourth-order valence-corrected chi connectivity index (χ4v) is 1.66. The Balaban J connectivity index is 2.14. The highest BCUT2D eigenvalue weighted by Gasteiger charge is 2.11. The molecule has 1 rings (SSSR count). The Morgan fingerprint density at radius 3 is 2.45 bits per heavy atom. The zero-order chi connectivity index (χ0) is 7.94. The number of aliphatic hydroxyl groups excluding tert-OH is 1. The van der Waals surface area contributed by atoms with E-state index in [9.17, 15) is 0 Å². The van der Waals surface area contributed by atoms with Crippen molar-refractivity contribution in [1.29, 1.82) is 0 Å². The van der Waals surface area contributed by atoms with Gasteiger partial charge in [-0.15, -0.1) is 5.92 Å². The molecular formula is C10H16O. The largest absolute Gasteiger partial charge is 0.384 e. The van der Waals surface area contributed by atoms with Crippen LogP contribution in [-0.2, 0) is 0 Å². The predicted molar refractivity (Wildman–Crippen MR) is 46.1 cm³/mol. The average Bonchev–Trinajstić information content (AvgIpc) is 2.07. The minimum Gasteiger partial charge on any atom is -0.384 e. The molecule has 1 fully saturated rings. The van der Waals surface area contributed by atoms with Gasteiger partial charge in [0.05, 0.1) is 0 Å². The first-order valence-electron chi connectivity index (χ1n) is 4.50. The van der Waals surface area contributed by atoms with Crippen LogP contribution >= 0.6 is 0 Å². The van der Waals surface area contributed by atoms with Gasteiger partial charge in [0, 0.05) is 6.42 Å². The summed E-state index contributed by atoms with van der Waals surface area (Å²) in [5.74, 6) is 6.53. The molecule has 0 atom stereocenters. The van der Waals surface area contributed by atoms with Crippen molar-refractivity contribution in [3.05, 3.63) is 0 Å². The second-order valence-corrected chi connectivity index (χ2v) is 3.22. The van der Waals surface area contributed by atoms with Gasteiger partial charge in [0.25, 0.3) is 0 Å². The van der Waals surface area contributed by atoms with E-state index in [4.69, 9.17) is 5.11 Å². The lowest BCUT2D eigenvalue weighted by Gasteiger charge is -2.18. The average molecular weight is 152 g/mol. The first kappa shape index (κ1) is 8.62. The molecule has 1 saturated carbocycles. The number of hydrogen-bond donors (Lipinski definition) is 1. The zero-order valence-corrected chi connectivity index (χ0v) is 6.97. The Bertz CT molecular complexity index is 146. The molecule has 1 aliphatic carbocycles. The molecule has 0 bridgehead atoms. The van der Waals surface area contributed by atoms with E-state index in [0.717, 1.165) is 12.3 Å². The fourth-order valence-electron chi connectivity index (χ4n) is 1.66. The molecule has 0 spiro atoms. The van der Waals surface area contributed by atoms with Crippen LogP contribution in [0.15, 0.2) is 0 Å². The van der Waals surface area contributed by atoms with E-state index >= 15 is 0 Å². The first-order chi connectivity index (χ1) is 5.43. The highest BCUT2D eigenvalue weighted by Crippen LogP contribution is 2.25. The van der Waals surface area contributed by atoms with Crippen molar-refractivity contribution >= 4 is 0 Å². The summed E-state index contributed by atoms with van der Waals surface area (Å²) in [7, 11) is 0. The molecule has 0 aromatic rings. The summed E-state index contributed by atoms with van der Waals surface area (Å²) >= 11 is 0. The highest BCUT2D eigenvalue weighted by molar-refractivity contribution is 4.99. The van der Waals surface area contributed by atoms with E-state index < -0.39 is 0 Å². The third-order valence-electron chi connectivity index (χ3n) is 2.32. The third-order valence-corrected chi connectivity index (χ3v) is 2.32. The lowest BCUT2D eigenvalue weighted by atomic mass is 9.87. The summed E-state index contributed by atoms with van der Waals surface area (Å²) < 4.78 is 0. The fraction of sp³-hybridized carbons (Fsp3) is 0.800. The van der Waals surface area contributed by atoms with Gasteiger partial charge in [0.1, 0.15) is 6.61 Å². The zero-order valence-electron chi connectivity index (χ0n) is 6.97. The lowest BCUT2D eigenvalue weighted by Crippen LogP contribution is -2.04. The summed E-state index contributed by atoms with van der Waals surface area (Å²) in [4.78, 5) is 0. The maximum atomic E-state index is 8.42. The van der Waals surface area contributed by atoms with Crippen molar-refractivity contribution in [2.75, 3.05) is 6.61 Å². The van der Waals surface area contributed by atoms with Gasteiger partial charge >= 0.3 is 0 Å². The van der Waals surface area contributed by atoms with Crippen LogP contribution in [0.5, 0.6) is 0 Å². The Morgan fingerprint density at radius 2 is 1.82 bits per heavy atom. The topological polar surface area (TPSA) is 20.2 Å². The van der Waals surface area contributed by atoms with Crippen molar-refractivity contribution < 1.29 is 5.11 Å². The van der Waals surface area contributed by atoms with Gasteiger partial charge in [-0.05, 0) is 18.8 Å². The number of hydrogen-bond acceptors (Lipinski definition) is 1. The number of rotatable bonds is 1. The van der Waals surface area contributed by atoms with Crippen molar-refractivity contribution in [3.63, 3.8) is 0 Å². The summed E-state index contributed by atoms with van der Waals surface area (Å²) in [5, 5.41) is 8.42. The molecule has 62 valence electrons. The highest BCUT2D eigenvalue weighted by atomic mass is 16.2. The van der Waals surface area contributed by atoms with E-state index in [0.29, 0.717) is 0 Å². The minimum absolute atomic E-state index is 0.0206. The maximum Gasteiger partial charge on any atom is 0.104 e. The molecule has 1 heteroatoms. The Hall–Kier alpha value is -0.480. The summed E-state index contributed by atoms with van der Waals surface area (Å²) in [5.41, 5.74) is 0. The van der Waals surface area contributed by atoms with E-state index in [2.05, 4.69) is 11.8 Å². The lowest BCUT2D eigenvalue weighted by molar-refractivity contribution is 0.348. The molecule has 0 saturated heterocycles. The first-order valence-corrected chi connectivity index (χ1v) is 4.50. The van der Waals surface area contributed by atoms with Crippen LogP contribution in [-0.4, -0.2) is 11.7 Å². The maximum absolute atomic E-state index is 8.42. The van der Waals surface area contributed by atoms with Crippen molar-refractivity contribution in [3.8, 4) is 11.8 Å². The van der Waals surface area contributed by atoms with E-state index in [1.165, 1.54) is 32.1 Å². The third kappa shape index (κ3) is 3.43. The summed E-state index contributed by atoms with van der Waals surface area (Å²) in [6.45, 7) is 0.0206. The van der Waals surface area contributed by atoms with Gasteiger partial charge in [-0.1, -0.05) is 25.2 Å². The van der Waals surface area contributed by atoms with Crippen LogP contribution in [0, 0.1) is 17.8 Å². The van der Waals surface area contributed by atoms with Crippen LogP contribution in [0.4, 0.5) is 0 Å². The van der Waals surface area contributed by atoms with Gasteiger partial charge in [0.15, 0.2) is 0 Å². The Kier molecular flexibility index (Phi) is 4.08. The van der Waals surface area contributed by atoms with Gasteiger partial charge in [-0.2, -0.15) is 0 Å². The van der Waals surface area contributed by atoms with Crippen LogP contribution < -0.4 is 0 Å². The smallest absolute Gasteiger partial charge is 0.104 e. The standard InChI is InChI=1S/C10H16O/c11-9-5-4-8-10-6-2-1-3-7-10/h10-11H,1-3,6-9H2. The summed E-state index contributed by atoms with van der Waals surface area (Å²) in [6.07, 6.45) is 7.86. The van der Waals surface area contributed by atoms with Gasteiger partial charge in [-0.25, -0.2) is 0 Å². The molecule has 0 radical (unpaired) electrons. The molecule has 11 heavy (non-hydrogen) atoms. The van der Waals surface area contributed by atoms with Gasteiger partial charge in [-0.3, -0.25) is 0 Å². The monoisotopic (exact) mass is 152 g/mol. The van der Waals surface area contributed by atoms with E-state index in [1.54, 1.807) is 0 Å². The molecule has 0 unspecified atom stereocenters. The quantitative estimate of drug-likeness (QED) is 0.569. The van der Waals surface area contributed by atoms with Crippen LogP contribution in [0.2, 0.25) is 0 Å². The van der Waals surface area contributed by atoms with Crippen molar-refractivity contribution in [2.45, 2.75) is 38.5 Å². The molecule has 0 heterocycles. The Labute approximate surface area is 68.8 Å². The van der Waals surface area contributed by atoms with Gasteiger partial charge < -0.3 is 5.11 Å². The molecule has 0 aromatic carbocycles.